The van der Waals surface area contributed by atoms with Crippen LogP contribution in [0, 0.1) is 11.3 Å². The molecule has 0 heterocycles. The molecule has 0 aliphatic carbocycles. The van der Waals surface area contributed by atoms with Crippen LogP contribution in [0.4, 0.5) is 0 Å². The molecule has 0 aromatic heterocycles. The minimum Gasteiger partial charge on any atom is -0.478 e. The smallest absolute Gasteiger partial charge is 0.336 e. The topological polar surface area (TPSA) is 61.1 Å². The number of aliphatic carboxylic acids is 1. The lowest BCUT2D eigenvalue weighted by Gasteiger charge is -2.03. The largest absolute Gasteiger partial charge is 0.478 e. The van der Waals surface area contributed by atoms with Crippen molar-refractivity contribution in [3.63, 3.8) is 0 Å². The van der Waals surface area contributed by atoms with Crippen LogP contribution in [0.5, 0.6) is 0 Å². The van der Waals surface area contributed by atoms with Gasteiger partial charge in [0.25, 0.3) is 0 Å². The summed E-state index contributed by atoms with van der Waals surface area (Å²) in [5.41, 5.74) is 1.94. The van der Waals surface area contributed by atoms with E-state index in [0.29, 0.717) is 11.1 Å². The van der Waals surface area contributed by atoms with E-state index in [1.807, 2.05) is 36.4 Å². The highest BCUT2D eigenvalue weighted by atomic mass is 16.4. The molecule has 0 saturated heterocycles. The molecule has 2 aromatic carbocycles. The molecule has 0 aliphatic rings. The summed E-state index contributed by atoms with van der Waals surface area (Å²) in [6, 6.07) is 17.8. The van der Waals surface area contributed by atoms with E-state index < -0.39 is 5.97 Å². The van der Waals surface area contributed by atoms with Gasteiger partial charge in [0, 0.05) is 0 Å². The van der Waals surface area contributed by atoms with Crippen molar-refractivity contribution in [2.45, 2.75) is 0 Å². The number of nitriles is 1. The molecule has 3 heteroatoms. The summed E-state index contributed by atoms with van der Waals surface area (Å²) in [5, 5.41) is 18.2. The van der Waals surface area contributed by atoms with Gasteiger partial charge in [-0.2, -0.15) is 5.26 Å². The molecule has 0 aliphatic heterocycles. The molecule has 2 aromatic rings. The molecule has 1 N–H and O–H groups in total. The maximum Gasteiger partial charge on any atom is 0.336 e. The molecule has 0 saturated carbocycles. The fourth-order valence-corrected chi connectivity index (χ4v) is 1.74. The minimum absolute atomic E-state index is 0.170. The first-order valence-corrected chi connectivity index (χ1v) is 5.71. The quantitative estimate of drug-likeness (QED) is 0.671. The number of benzene rings is 2. The first-order valence-electron chi connectivity index (χ1n) is 5.71. The molecular formula is C16H11NO2. The predicted molar refractivity (Wildman–Crippen MR) is 73.1 cm³/mol. The summed E-state index contributed by atoms with van der Waals surface area (Å²) in [6.07, 6.45) is 1.60. The van der Waals surface area contributed by atoms with Gasteiger partial charge in [0.15, 0.2) is 0 Å². The standard InChI is InChI=1S/C16H11NO2/c17-11-13-7-4-8-14(9-13)15(16(18)19)10-12-5-2-1-3-6-12/h1-10H,(H,18,19)/b15-10+. The Hall–Kier alpha value is -2.86. The van der Waals surface area contributed by atoms with Gasteiger partial charge in [-0.1, -0.05) is 42.5 Å². The van der Waals surface area contributed by atoms with Crippen molar-refractivity contribution in [1.82, 2.24) is 0 Å². The minimum atomic E-state index is -1.01. The van der Waals surface area contributed by atoms with Crippen LogP contribution in [0.1, 0.15) is 16.7 Å². The summed E-state index contributed by atoms with van der Waals surface area (Å²) in [5.74, 6) is -1.01. The summed E-state index contributed by atoms with van der Waals surface area (Å²) >= 11 is 0. The van der Waals surface area contributed by atoms with E-state index in [-0.39, 0.29) is 5.57 Å². The molecule has 0 bridgehead atoms. The molecule has 0 radical (unpaired) electrons. The Morgan fingerprint density at radius 2 is 1.84 bits per heavy atom. The lowest BCUT2D eigenvalue weighted by atomic mass is 10.0. The molecule has 0 spiro atoms. The van der Waals surface area contributed by atoms with Crippen LogP contribution in [0.15, 0.2) is 54.6 Å². The third-order valence-corrected chi connectivity index (χ3v) is 2.64. The van der Waals surface area contributed by atoms with Gasteiger partial charge in [0.2, 0.25) is 0 Å². The fraction of sp³-hybridized carbons (Fsp3) is 0. The third kappa shape index (κ3) is 3.08. The number of hydrogen-bond donors (Lipinski definition) is 1. The Morgan fingerprint density at radius 3 is 2.47 bits per heavy atom. The summed E-state index contributed by atoms with van der Waals surface area (Å²) in [6.45, 7) is 0. The van der Waals surface area contributed by atoms with Crippen molar-refractivity contribution in [1.29, 1.82) is 5.26 Å². The molecule has 0 fully saturated rings. The number of carboxylic acid groups (broad SMARTS) is 1. The Bertz CT molecular complexity index is 667. The van der Waals surface area contributed by atoms with Crippen LogP contribution in [-0.2, 0) is 4.79 Å². The van der Waals surface area contributed by atoms with E-state index >= 15 is 0 Å². The number of carboxylic acids is 1. The van der Waals surface area contributed by atoms with Gasteiger partial charge < -0.3 is 5.11 Å². The lowest BCUT2D eigenvalue weighted by Crippen LogP contribution is -1.99. The summed E-state index contributed by atoms with van der Waals surface area (Å²) < 4.78 is 0. The van der Waals surface area contributed by atoms with Crippen molar-refractivity contribution in [3.05, 3.63) is 71.3 Å². The van der Waals surface area contributed by atoms with Gasteiger partial charge in [-0.25, -0.2) is 4.79 Å². The second-order valence-corrected chi connectivity index (χ2v) is 3.97. The van der Waals surface area contributed by atoms with Crippen molar-refractivity contribution in [2.75, 3.05) is 0 Å². The number of hydrogen-bond acceptors (Lipinski definition) is 2. The van der Waals surface area contributed by atoms with Crippen LogP contribution < -0.4 is 0 Å². The zero-order valence-electron chi connectivity index (χ0n) is 10.1. The van der Waals surface area contributed by atoms with E-state index in [0.717, 1.165) is 5.56 Å². The molecule has 19 heavy (non-hydrogen) atoms. The molecule has 3 nitrogen and oxygen atoms in total. The van der Waals surface area contributed by atoms with Crippen molar-refractivity contribution < 1.29 is 9.90 Å². The molecule has 0 unspecified atom stereocenters. The van der Waals surface area contributed by atoms with Crippen LogP contribution in [0.3, 0.4) is 0 Å². The van der Waals surface area contributed by atoms with Crippen LogP contribution in [-0.4, -0.2) is 11.1 Å². The normalized spacial score (nSPS) is 10.8. The van der Waals surface area contributed by atoms with E-state index in [4.69, 9.17) is 5.26 Å². The predicted octanol–water partition coefficient (Wildman–Crippen LogP) is 3.18. The molecule has 2 rings (SSSR count). The lowest BCUT2D eigenvalue weighted by molar-refractivity contribution is -0.130. The third-order valence-electron chi connectivity index (χ3n) is 2.64. The van der Waals surface area contributed by atoms with Crippen molar-refractivity contribution in [2.24, 2.45) is 0 Å². The monoisotopic (exact) mass is 249 g/mol. The zero-order chi connectivity index (χ0) is 13.7. The van der Waals surface area contributed by atoms with E-state index in [9.17, 15) is 9.90 Å². The van der Waals surface area contributed by atoms with Crippen LogP contribution in [0.2, 0.25) is 0 Å². The van der Waals surface area contributed by atoms with E-state index in [1.54, 1.807) is 30.3 Å². The van der Waals surface area contributed by atoms with Gasteiger partial charge in [0.1, 0.15) is 0 Å². The number of carbonyl (C=O) groups is 1. The van der Waals surface area contributed by atoms with Crippen molar-refractivity contribution >= 4 is 17.6 Å². The van der Waals surface area contributed by atoms with Crippen LogP contribution >= 0.6 is 0 Å². The highest BCUT2D eigenvalue weighted by molar-refractivity contribution is 6.20. The molecule has 0 atom stereocenters. The fourth-order valence-electron chi connectivity index (χ4n) is 1.74. The van der Waals surface area contributed by atoms with E-state index in [2.05, 4.69) is 0 Å². The number of nitrogens with zero attached hydrogens (tertiary/aromatic N) is 1. The van der Waals surface area contributed by atoms with Crippen molar-refractivity contribution in [3.8, 4) is 6.07 Å². The Labute approximate surface area is 111 Å². The molecular weight excluding hydrogens is 238 g/mol. The average molecular weight is 249 g/mol. The summed E-state index contributed by atoms with van der Waals surface area (Å²) in [4.78, 5) is 11.4. The average Bonchev–Trinajstić information content (AvgIpc) is 2.45. The number of rotatable bonds is 3. The van der Waals surface area contributed by atoms with Gasteiger partial charge in [-0.3, -0.25) is 0 Å². The first-order chi connectivity index (χ1) is 9.20. The van der Waals surface area contributed by atoms with Crippen LogP contribution in [0.25, 0.3) is 11.6 Å². The second-order valence-electron chi connectivity index (χ2n) is 3.97. The Kier molecular flexibility index (Phi) is 3.75. The van der Waals surface area contributed by atoms with Gasteiger partial charge in [-0.05, 0) is 29.3 Å². The first kappa shape index (κ1) is 12.6. The highest BCUT2D eigenvalue weighted by Gasteiger charge is 2.10. The zero-order valence-corrected chi connectivity index (χ0v) is 10.1. The highest BCUT2D eigenvalue weighted by Crippen LogP contribution is 2.19. The Morgan fingerprint density at radius 1 is 1.11 bits per heavy atom. The molecule has 0 amide bonds. The van der Waals surface area contributed by atoms with E-state index in [1.165, 1.54) is 0 Å². The molecule has 92 valence electrons. The maximum atomic E-state index is 11.4. The van der Waals surface area contributed by atoms with Gasteiger partial charge in [-0.15, -0.1) is 0 Å². The SMILES string of the molecule is N#Cc1cccc(/C(=C\c2ccccc2)C(=O)O)c1. The Balaban J connectivity index is 2.50. The van der Waals surface area contributed by atoms with Gasteiger partial charge in [0.05, 0.1) is 17.2 Å². The van der Waals surface area contributed by atoms with Gasteiger partial charge >= 0.3 is 5.97 Å². The summed E-state index contributed by atoms with van der Waals surface area (Å²) in [7, 11) is 0. The maximum absolute atomic E-state index is 11.4. The second kappa shape index (κ2) is 5.65.